The van der Waals surface area contributed by atoms with Crippen molar-refractivity contribution >= 4 is 17.3 Å². The molecule has 0 radical (unpaired) electrons. The molecular weight excluding hydrogens is 290 g/mol. The van der Waals surface area contributed by atoms with Gasteiger partial charge in [0.15, 0.2) is 0 Å². The molecule has 0 amide bonds. The SMILES string of the molecule is COc1ccccc1-c1noc(-c2ccc(Cl)cc2N)n1. The zero-order chi connectivity index (χ0) is 14.8. The molecule has 0 aliphatic carbocycles. The summed E-state index contributed by atoms with van der Waals surface area (Å²) in [5, 5.41) is 4.54. The molecule has 0 saturated carbocycles. The van der Waals surface area contributed by atoms with Crippen molar-refractivity contribution < 1.29 is 9.26 Å². The maximum absolute atomic E-state index is 5.92. The Bertz CT molecular complexity index is 786. The Hall–Kier alpha value is -2.53. The van der Waals surface area contributed by atoms with Crippen LogP contribution in [0.3, 0.4) is 0 Å². The first-order chi connectivity index (χ1) is 10.2. The van der Waals surface area contributed by atoms with E-state index in [4.69, 9.17) is 26.6 Å². The summed E-state index contributed by atoms with van der Waals surface area (Å²) < 4.78 is 10.6. The van der Waals surface area contributed by atoms with Crippen LogP contribution in [0.5, 0.6) is 5.75 Å². The highest BCUT2D eigenvalue weighted by Gasteiger charge is 2.15. The number of anilines is 1. The summed E-state index contributed by atoms with van der Waals surface area (Å²) in [6.45, 7) is 0. The zero-order valence-corrected chi connectivity index (χ0v) is 12.0. The number of ether oxygens (including phenoxy) is 1. The van der Waals surface area contributed by atoms with Gasteiger partial charge in [-0.1, -0.05) is 28.9 Å². The molecular formula is C15H12ClN3O2. The van der Waals surface area contributed by atoms with E-state index in [-0.39, 0.29) is 0 Å². The van der Waals surface area contributed by atoms with Gasteiger partial charge in [0.25, 0.3) is 5.89 Å². The van der Waals surface area contributed by atoms with Crippen LogP contribution in [0.1, 0.15) is 0 Å². The molecule has 0 aliphatic rings. The van der Waals surface area contributed by atoms with E-state index in [1.165, 1.54) is 0 Å². The number of nitrogens with two attached hydrogens (primary N) is 1. The highest BCUT2D eigenvalue weighted by Crippen LogP contribution is 2.31. The van der Waals surface area contributed by atoms with Crippen LogP contribution in [0, 0.1) is 0 Å². The lowest BCUT2D eigenvalue weighted by Gasteiger charge is -2.03. The fraction of sp³-hybridized carbons (Fsp3) is 0.0667. The topological polar surface area (TPSA) is 74.2 Å². The molecule has 0 saturated heterocycles. The maximum Gasteiger partial charge on any atom is 0.260 e. The van der Waals surface area contributed by atoms with Crippen molar-refractivity contribution in [2.24, 2.45) is 0 Å². The molecule has 0 atom stereocenters. The van der Waals surface area contributed by atoms with Gasteiger partial charge < -0.3 is 15.0 Å². The van der Waals surface area contributed by atoms with Crippen molar-refractivity contribution in [1.29, 1.82) is 0 Å². The molecule has 1 aromatic heterocycles. The van der Waals surface area contributed by atoms with Gasteiger partial charge in [0, 0.05) is 10.7 Å². The molecule has 2 N–H and O–H groups in total. The standard InChI is InChI=1S/C15H12ClN3O2/c1-20-13-5-3-2-4-11(13)14-18-15(21-19-14)10-7-6-9(16)8-12(10)17/h2-8H,17H2,1H3. The molecule has 3 aromatic rings. The molecule has 6 heteroatoms. The van der Waals surface area contributed by atoms with E-state index in [1.54, 1.807) is 25.3 Å². The first-order valence-electron chi connectivity index (χ1n) is 6.21. The number of rotatable bonds is 3. The largest absolute Gasteiger partial charge is 0.496 e. The van der Waals surface area contributed by atoms with Crippen molar-refractivity contribution in [3.8, 4) is 28.6 Å². The van der Waals surface area contributed by atoms with Crippen LogP contribution in [0.15, 0.2) is 47.0 Å². The van der Waals surface area contributed by atoms with E-state index in [0.717, 1.165) is 5.56 Å². The molecule has 1 heterocycles. The van der Waals surface area contributed by atoms with E-state index in [9.17, 15) is 0 Å². The van der Waals surface area contributed by atoms with Gasteiger partial charge >= 0.3 is 0 Å². The molecule has 0 aliphatic heterocycles. The minimum atomic E-state index is 0.338. The average Bonchev–Trinajstić information content (AvgIpc) is 2.96. The lowest BCUT2D eigenvalue weighted by molar-refractivity contribution is 0.413. The number of nitrogen functional groups attached to an aromatic ring is 1. The van der Waals surface area contributed by atoms with Gasteiger partial charge in [-0.15, -0.1) is 0 Å². The molecule has 0 spiro atoms. The summed E-state index contributed by atoms with van der Waals surface area (Å²) in [5.74, 6) is 1.45. The van der Waals surface area contributed by atoms with E-state index in [2.05, 4.69) is 10.1 Å². The molecule has 0 unspecified atom stereocenters. The Labute approximate surface area is 126 Å². The smallest absolute Gasteiger partial charge is 0.260 e. The second kappa shape index (κ2) is 5.46. The lowest BCUT2D eigenvalue weighted by Crippen LogP contribution is -1.91. The Kier molecular flexibility index (Phi) is 3.50. The summed E-state index contributed by atoms with van der Waals surface area (Å²) in [7, 11) is 1.59. The second-order valence-corrected chi connectivity index (χ2v) is 4.79. The van der Waals surface area contributed by atoms with Gasteiger partial charge in [-0.25, -0.2) is 0 Å². The van der Waals surface area contributed by atoms with Crippen LogP contribution in [-0.2, 0) is 0 Å². The molecule has 2 aromatic carbocycles. The number of benzene rings is 2. The predicted octanol–water partition coefficient (Wildman–Crippen LogP) is 3.65. The van der Waals surface area contributed by atoms with Crippen molar-refractivity contribution in [3.05, 3.63) is 47.5 Å². The number of halogens is 1. The van der Waals surface area contributed by atoms with Crippen LogP contribution in [-0.4, -0.2) is 17.3 Å². The molecule has 5 nitrogen and oxygen atoms in total. The van der Waals surface area contributed by atoms with Crippen molar-refractivity contribution in [1.82, 2.24) is 10.1 Å². The van der Waals surface area contributed by atoms with Gasteiger partial charge in [-0.3, -0.25) is 0 Å². The van der Waals surface area contributed by atoms with E-state index in [1.807, 2.05) is 24.3 Å². The number of hydrogen-bond acceptors (Lipinski definition) is 5. The second-order valence-electron chi connectivity index (χ2n) is 4.35. The minimum absolute atomic E-state index is 0.338. The summed E-state index contributed by atoms with van der Waals surface area (Å²) in [6, 6.07) is 12.6. The first-order valence-corrected chi connectivity index (χ1v) is 6.59. The fourth-order valence-electron chi connectivity index (χ4n) is 2.00. The van der Waals surface area contributed by atoms with Gasteiger partial charge in [0.1, 0.15) is 5.75 Å². The zero-order valence-electron chi connectivity index (χ0n) is 11.2. The van der Waals surface area contributed by atoms with E-state index in [0.29, 0.717) is 33.7 Å². The summed E-state index contributed by atoms with van der Waals surface area (Å²) in [5.41, 5.74) is 7.80. The van der Waals surface area contributed by atoms with Gasteiger partial charge in [0.2, 0.25) is 5.82 Å². The van der Waals surface area contributed by atoms with Crippen molar-refractivity contribution in [3.63, 3.8) is 0 Å². The predicted molar refractivity (Wildman–Crippen MR) is 81.1 cm³/mol. The van der Waals surface area contributed by atoms with Gasteiger partial charge in [0.05, 0.1) is 18.2 Å². The Morgan fingerprint density at radius 1 is 1.14 bits per heavy atom. The molecule has 0 fully saturated rings. The van der Waals surface area contributed by atoms with E-state index < -0.39 is 0 Å². The third-order valence-corrected chi connectivity index (χ3v) is 3.25. The Morgan fingerprint density at radius 3 is 2.71 bits per heavy atom. The normalized spacial score (nSPS) is 10.6. The van der Waals surface area contributed by atoms with Crippen molar-refractivity contribution in [2.75, 3.05) is 12.8 Å². The Morgan fingerprint density at radius 2 is 1.95 bits per heavy atom. The summed E-state index contributed by atoms with van der Waals surface area (Å²) in [4.78, 5) is 4.37. The third-order valence-electron chi connectivity index (χ3n) is 3.02. The van der Waals surface area contributed by atoms with Crippen LogP contribution in [0.25, 0.3) is 22.8 Å². The third kappa shape index (κ3) is 2.55. The Balaban J connectivity index is 2.04. The highest BCUT2D eigenvalue weighted by molar-refractivity contribution is 6.31. The fourth-order valence-corrected chi connectivity index (χ4v) is 2.18. The van der Waals surface area contributed by atoms with Crippen LogP contribution in [0.4, 0.5) is 5.69 Å². The highest BCUT2D eigenvalue weighted by atomic mass is 35.5. The van der Waals surface area contributed by atoms with Gasteiger partial charge in [-0.2, -0.15) is 4.98 Å². The molecule has 3 rings (SSSR count). The number of aromatic nitrogens is 2. The maximum atomic E-state index is 5.92. The summed E-state index contributed by atoms with van der Waals surface area (Å²) >= 11 is 5.88. The average molecular weight is 302 g/mol. The number of nitrogens with zero attached hydrogens (tertiary/aromatic N) is 2. The number of methoxy groups -OCH3 is 1. The van der Waals surface area contributed by atoms with Crippen LogP contribution >= 0.6 is 11.6 Å². The van der Waals surface area contributed by atoms with E-state index >= 15 is 0 Å². The van der Waals surface area contributed by atoms with Crippen LogP contribution in [0.2, 0.25) is 5.02 Å². The quantitative estimate of drug-likeness (QED) is 0.747. The minimum Gasteiger partial charge on any atom is -0.496 e. The monoisotopic (exact) mass is 301 g/mol. The summed E-state index contributed by atoms with van der Waals surface area (Å²) in [6.07, 6.45) is 0. The number of para-hydroxylation sites is 1. The van der Waals surface area contributed by atoms with Crippen LogP contribution < -0.4 is 10.5 Å². The first kappa shape index (κ1) is 13.5. The number of hydrogen-bond donors (Lipinski definition) is 1. The molecule has 106 valence electrons. The lowest BCUT2D eigenvalue weighted by atomic mass is 10.1. The van der Waals surface area contributed by atoms with Gasteiger partial charge in [-0.05, 0) is 30.3 Å². The molecule has 0 bridgehead atoms. The molecule has 21 heavy (non-hydrogen) atoms. The van der Waals surface area contributed by atoms with Crippen molar-refractivity contribution in [2.45, 2.75) is 0 Å².